The maximum atomic E-state index is 11.9. The van der Waals surface area contributed by atoms with Gasteiger partial charge in [0.1, 0.15) is 5.52 Å². The SMILES string of the molecule is COCCNC(=O)CCNC(=O)c1cnc2nsnc2c1. The number of aromatic nitrogens is 3. The number of hydrogen-bond acceptors (Lipinski definition) is 7. The molecule has 9 heteroatoms. The Kier molecular flexibility index (Phi) is 5.52. The number of methoxy groups -OCH3 is 1. The summed E-state index contributed by atoms with van der Waals surface area (Å²) in [6, 6.07) is 1.62. The second-order valence-electron chi connectivity index (χ2n) is 4.18. The van der Waals surface area contributed by atoms with Crippen molar-refractivity contribution < 1.29 is 14.3 Å². The number of hydrogen-bond donors (Lipinski definition) is 2. The van der Waals surface area contributed by atoms with Crippen molar-refractivity contribution in [1.82, 2.24) is 24.4 Å². The Balaban J connectivity index is 1.77. The van der Waals surface area contributed by atoms with Crippen LogP contribution in [0.15, 0.2) is 12.3 Å². The lowest BCUT2D eigenvalue weighted by molar-refractivity contribution is -0.121. The molecule has 2 heterocycles. The predicted molar refractivity (Wildman–Crippen MR) is 77.0 cm³/mol. The summed E-state index contributed by atoms with van der Waals surface area (Å²) in [7, 11) is 1.56. The first-order valence-corrected chi connectivity index (χ1v) is 7.06. The number of rotatable bonds is 7. The lowest BCUT2D eigenvalue weighted by Crippen LogP contribution is -2.32. The highest BCUT2D eigenvalue weighted by Crippen LogP contribution is 2.10. The molecule has 2 rings (SSSR count). The third-order valence-corrected chi connectivity index (χ3v) is 3.17. The van der Waals surface area contributed by atoms with Gasteiger partial charge in [-0.2, -0.15) is 8.75 Å². The van der Waals surface area contributed by atoms with E-state index in [1.165, 1.54) is 6.20 Å². The number of carbonyl (C=O) groups excluding carboxylic acids is 2. The van der Waals surface area contributed by atoms with Crippen LogP contribution in [0, 0.1) is 0 Å². The number of ether oxygens (including phenoxy) is 1. The molecule has 0 saturated carbocycles. The van der Waals surface area contributed by atoms with E-state index in [1.807, 2.05) is 0 Å². The molecule has 0 fully saturated rings. The van der Waals surface area contributed by atoms with E-state index in [2.05, 4.69) is 24.4 Å². The first kappa shape index (κ1) is 15.3. The highest BCUT2D eigenvalue weighted by Gasteiger charge is 2.09. The Hall–Kier alpha value is -2.13. The van der Waals surface area contributed by atoms with Crippen LogP contribution in [0.25, 0.3) is 11.2 Å². The lowest BCUT2D eigenvalue weighted by Gasteiger charge is -2.06. The van der Waals surface area contributed by atoms with E-state index in [1.54, 1.807) is 13.2 Å². The summed E-state index contributed by atoms with van der Waals surface area (Å²) in [6.45, 7) is 1.18. The maximum absolute atomic E-state index is 11.9. The molecule has 0 spiro atoms. The highest BCUT2D eigenvalue weighted by atomic mass is 32.1. The van der Waals surface area contributed by atoms with Crippen molar-refractivity contribution in [2.45, 2.75) is 6.42 Å². The van der Waals surface area contributed by atoms with Gasteiger partial charge in [0.25, 0.3) is 5.91 Å². The Morgan fingerprint density at radius 1 is 1.29 bits per heavy atom. The zero-order chi connectivity index (χ0) is 15.1. The van der Waals surface area contributed by atoms with Gasteiger partial charge in [-0.1, -0.05) is 0 Å². The number of nitrogens with zero attached hydrogens (tertiary/aromatic N) is 3. The molecular formula is C12H15N5O3S. The van der Waals surface area contributed by atoms with Gasteiger partial charge in [0.05, 0.1) is 23.9 Å². The summed E-state index contributed by atoms with van der Waals surface area (Å²) < 4.78 is 12.8. The largest absolute Gasteiger partial charge is 0.383 e. The fourth-order valence-corrected chi connectivity index (χ4v) is 2.06. The van der Waals surface area contributed by atoms with Gasteiger partial charge < -0.3 is 15.4 Å². The van der Waals surface area contributed by atoms with Gasteiger partial charge in [-0.25, -0.2) is 4.98 Å². The lowest BCUT2D eigenvalue weighted by atomic mass is 10.2. The van der Waals surface area contributed by atoms with Crippen molar-refractivity contribution in [1.29, 1.82) is 0 Å². The van der Waals surface area contributed by atoms with Crippen LogP contribution in [0.2, 0.25) is 0 Å². The minimum absolute atomic E-state index is 0.135. The Labute approximate surface area is 125 Å². The number of fused-ring (bicyclic) bond motifs is 1. The molecule has 2 amide bonds. The molecule has 0 bridgehead atoms. The van der Waals surface area contributed by atoms with Crippen LogP contribution in [0.4, 0.5) is 0 Å². The molecule has 0 atom stereocenters. The van der Waals surface area contributed by atoms with Gasteiger partial charge in [-0.05, 0) is 6.07 Å². The standard InChI is InChI=1S/C12H15N5O3S/c1-20-5-4-13-10(18)2-3-14-12(19)8-6-9-11(15-7-8)17-21-16-9/h6-7H,2-5H2,1H3,(H,13,18)(H,14,19). The minimum Gasteiger partial charge on any atom is -0.383 e. The summed E-state index contributed by atoms with van der Waals surface area (Å²) in [5.74, 6) is -0.424. The number of amides is 2. The number of nitrogens with one attached hydrogen (secondary N) is 2. The Morgan fingerprint density at radius 3 is 2.95 bits per heavy atom. The molecule has 0 aliphatic carbocycles. The van der Waals surface area contributed by atoms with Crippen LogP contribution >= 0.6 is 11.7 Å². The third kappa shape index (κ3) is 4.43. The van der Waals surface area contributed by atoms with Crippen LogP contribution in [0.3, 0.4) is 0 Å². The van der Waals surface area contributed by atoms with Crippen LogP contribution < -0.4 is 10.6 Å². The molecule has 2 aromatic rings. The molecule has 2 N–H and O–H groups in total. The average molecular weight is 309 g/mol. The van der Waals surface area contributed by atoms with E-state index in [9.17, 15) is 9.59 Å². The number of pyridine rings is 1. The summed E-state index contributed by atoms with van der Waals surface area (Å²) in [5.41, 5.74) is 1.51. The van der Waals surface area contributed by atoms with Crippen molar-refractivity contribution in [2.75, 3.05) is 26.8 Å². The predicted octanol–water partition coefficient (Wildman–Crippen LogP) is -0.0312. The van der Waals surface area contributed by atoms with Gasteiger partial charge >= 0.3 is 0 Å². The van der Waals surface area contributed by atoms with E-state index in [0.29, 0.717) is 29.9 Å². The summed E-state index contributed by atoms with van der Waals surface area (Å²) >= 11 is 1.05. The molecule has 112 valence electrons. The minimum atomic E-state index is -0.290. The van der Waals surface area contributed by atoms with E-state index in [4.69, 9.17) is 4.74 Å². The van der Waals surface area contributed by atoms with E-state index < -0.39 is 0 Å². The summed E-state index contributed by atoms with van der Waals surface area (Å²) in [5, 5.41) is 5.33. The molecule has 8 nitrogen and oxygen atoms in total. The molecule has 0 saturated heterocycles. The molecule has 0 aliphatic heterocycles. The van der Waals surface area contributed by atoms with Crippen LogP contribution in [-0.4, -0.2) is 52.4 Å². The van der Waals surface area contributed by atoms with Crippen LogP contribution in [-0.2, 0) is 9.53 Å². The molecule has 0 unspecified atom stereocenters. The van der Waals surface area contributed by atoms with E-state index in [-0.39, 0.29) is 24.8 Å². The fourth-order valence-electron chi connectivity index (χ4n) is 1.58. The third-order valence-electron chi connectivity index (χ3n) is 2.64. The van der Waals surface area contributed by atoms with Crippen molar-refractivity contribution in [3.8, 4) is 0 Å². The zero-order valence-corrected chi connectivity index (χ0v) is 12.3. The van der Waals surface area contributed by atoms with E-state index in [0.717, 1.165) is 11.7 Å². The topological polar surface area (TPSA) is 106 Å². The van der Waals surface area contributed by atoms with Crippen LogP contribution in [0.5, 0.6) is 0 Å². The van der Waals surface area contributed by atoms with Gasteiger partial charge in [0.15, 0.2) is 5.65 Å². The second kappa shape index (κ2) is 7.60. The first-order chi connectivity index (χ1) is 10.2. The Morgan fingerprint density at radius 2 is 2.14 bits per heavy atom. The van der Waals surface area contributed by atoms with Gasteiger partial charge in [0, 0.05) is 32.8 Å². The first-order valence-electron chi connectivity index (χ1n) is 6.33. The highest BCUT2D eigenvalue weighted by molar-refractivity contribution is 7.00. The molecule has 0 aliphatic rings. The van der Waals surface area contributed by atoms with Crippen molar-refractivity contribution in [3.63, 3.8) is 0 Å². The van der Waals surface area contributed by atoms with Crippen molar-refractivity contribution in [2.24, 2.45) is 0 Å². The summed E-state index contributed by atoms with van der Waals surface area (Å²) in [4.78, 5) is 27.4. The van der Waals surface area contributed by atoms with Gasteiger partial charge in [-0.15, -0.1) is 0 Å². The van der Waals surface area contributed by atoms with Gasteiger partial charge in [-0.3, -0.25) is 9.59 Å². The molecule has 0 aromatic carbocycles. The summed E-state index contributed by atoms with van der Waals surface area (Å²) in [6.07, 6.45) is 1.65. The second-order valence-corrected chi connectivity index (χ2v) is 4.71. The quantitative estimate of drug-likeness (QED) is 0.696. The van der Waals surface area contributed by atoms with Crippen molar-refractivity contribution >= 4 is 34.7 Å². The molecule has 21 heavy (non-hydrogen) atoms. The van der Waals surface area contributed by atoms with Crippen molar-refractivity contribution in [3.05, 3.63) is 17.8 Å². The normalized spacial score (nSPS) is 10.5. The van der Waals surface area contributed by atoms with Crippen LogP contribution in [0.1, 0.15) is 16.8 Å². The van der Waals surface area contributed by atoms with E-state index >= 15 is 0 Å². The smallest absolute Gasteiger partial charge is 0.252 e. The maximum Gasteiger partial charge on any atom is 0.252 e. The monoisotopic (exact) mass is 309 g/mol. The molecule has 0 radical (unpaired) electrons. The molecule has 2 aromatic heterocycles. The average Bonchev–Trinajstić information content (AvgIpc) is 2.94. The number of carbonyl (C=O) groups is 2. The Bertz CT molecular complexity index is 630. The zero-order valence-electron chi connectivity index (χ0n) is 11.5. The molecular weight excluding hydrogens is 294 g/mol. The van der Waals surface area contributed by atoms with Gasteiger partial charge in [0.2, 0.25) is 5.91 Å². The fraction of sp³-hybridized carbons (Fsp3) is 0.417.